The molecule has 0 spiro atoms. The number of anilines is 1. The average Bonchev–Trinajstić information content (AvgIpc) is 3.48. The first-order chi connectivity index (χ1) is 16.8. The van der Waals surface area contributed by atoms with Crippen molar-refractivity contribution in [3.63, 3.8) is 0 Å². The Balaban J connectivity index is 2.00. The molecule has 188 valence electrons. The molecule has 0 unspecified atom stereocenters. The maximum atomic E-state index is 13.6. The molecular formula is C19H15F3N8O5S. The SMILES string of the molecule is COc1n[nH]c(C(=O)Nc2c(C(N)=O)sc3nc(C(F)(F)F)cc(-c4cnn(C)c4C)c23)c1[N+](=O)[O-]. The Labute approximate surface area is 202 Å². The largest absolute Gasteiger partial charge is 0.475 e. The van der Waals surface area contributed by atoms with Crippen LogP contribution < -0.4 is 15.8 Å². The molecule has 4 aromatic heterocycles. The Kier molecular flexibility index (Phi) is 5.87. The van der Waals surface area contributed by atoms with Gasteiger partial charge in [-0.15, -0.1) is 16.4 Å². The van der Waals surface area contributed by atoms with Crippen molar-refractivity contribution in [2.45, 2.75) is 13.1 Å². The van der Waals surface area contributed by atoms with Gasteiger partial charge in [-0.05, 0) is 18.6 Å². The fourth-order valence-electron chi connectivity index (χ4n) is 3.48. The van der Waals surface area contributed by atoms with Gasteiger partial charge >= 0.3 is 17.7 Å². The quantitative estimate of drug-likeness (QED) is 0.254. The molecule has 0 aliphatic heterocycles. The van der Waals surface area contributed by atoms with Crippen molar-refractivity contribution in [1.82, 2.24) is 25.0 Å². The second-order valence-electron chi connectivity index (χ2n) is 7.34. The molecule has 36 heavy (non-hydrogen) atoms. The summed E-state index contributed by atoms with van der Waals surface area (Å²) in [5.74, 6) is -2.65. The number of ether oxygens (including phenoxy) is 1. The van der Waals surface area contributed by atoms with E-state index in [4.69, 9.17) is 10.5 Å². The van der Waals surface area contributed by atoms with Crippen LogP contribution in [0, 0.1) is 17.0 Å². The number of pyridine rings is 1. The van der Waals surface area contributed by atoms with E-state index in [0.717, 1.165) is 13.2 Å². The Morgan fingerprint density at radius 3 is 2.56 bits per heavy atom. The van der Waals surface area contributed by atoms with Crippen LogP contribution >= 0.6 is 11.3 Å². The van der Waals surface area contributed by atoms with Crippen molar-refractivity contribution in [3.8, 4) is 17.0 Å². The monoisotopic (exact) mass is 524 g/mol. The number of aryl methyl sites for hydroxylation is 1. The van der Waals surface area contributed by atoms with Gasteiger partial charge < -0.3 is 15.8 Å². The molecule has 0 fully saturated rings. The Morgan fingerprint density at radius 1 is 1.33 bits per heavy atom. The highest BCUT2D eigenvalue weighted by molar-refractivity contribution is 7.21. The first-order valence-corrected chi connectivity index (χ1v) is 10.6. The summed E-state index contributed by atoms with van der Waals surface area (Å²) in [5, 5.41) is 23.6. The lowest BCUT2D eigenvalue weighted by molar-refractivity contribution is -0.386. The van der Waals surface area contributed by atoms with Gasteiger partial charge in [-0.2, -0.15) is 18.3 Å². The van der Waals surface area contributed by atoms with Gasteiger partial charge in [0.15, 0.2) is 0 Å². The fourth-order valence-corrected chi connectivity index (χ4v) is 4.48. The highest BCUT2D eigenvalue weighted by Crippen LogP contribution is 2.44. The molecule has 0 bridgehead atoms. The molecular weight excluding hydrogens is 509 g/mol. The van der Waals surface area contributed by atoms with Crippen LogP contribution in [0.1, 0.15) is 31.5 Å². The highest BCUT2D eigenvalue weighted by Gasteiger charge is 2.36. The van der Waals surface area contributed by atoms with Crippen LogP contribution in [-0.4, -0.2) is 48.8 Å². The number of nitrogens with zero attached hydrogens (tertiary/aromatic N) is 5. The molecule has 0 aliphatic rings. The zero-order chi connectivity index (χ0) is 26.5. The molecule has 4 N–H and O–H groups in total. The molecule has 0 atom stereocenters. The molecule has 0 aliphatic carbocycles. The molecule has 4 rings (SSSR count). The normalized spacial score (nSPS) is 11.6. The van der Waals surface area contributed by atoms with Crippen LogP contribution in [0.2, 0.25) is 0 Å². The zero-order valence-corrected chi connectivity index (χ0v) is 19.4. The third-order valence-electron chi connectivity index (χ3n) is 5.25. The van der Waals surface area contributed by atoms with Crippen LogP contribution in [0.5, 0.6) is 5.88 Å². The number of aromatic nitrogens is 5. The third kappa shape index (κ3) is 3.98. The van der Waals surface area contributed by atoms with E-state index < -0.39 is 45.9 Å². The number of primary amides is 1. The van der Waals surface area contributed by atoms with E-state index in [1.54, 1.807) is 14.0 Å². The molecule has 4 heterocycles. The predicted molar refractivity (Wildman–Crippen MR) is 120 cm³/mol. The standard InChI is InChI=1S/C19H15F3N8O5S/c1-6-8(5-24-29(6)2)7-4-9(19(20,21)22)25-18-10(7)11(14(36-18)15(23)31)26-16(32)12-13(30(33)34)17(35-3)28-27-12/h4-5H,1-3H3,(H2,23,31)(H,26,32)(H,27,28). The number of aromatic amines is 1. The maximum absolute atomic E-state index is 13.6. The van der Waals surface area contributed by atoms with E-state index in [2.05, 4.69) is 25.6 Å². The van der Waals surface area contributed by atoms with Gasteiger partial charge in [0.2, 0.25) is 5.69 Å². The van der Waals surface area contributed by atoms with E-state index in [9.17, 15) is 32.9 Å². The van der Waals surface area contributed by atoms with Gasteiger partial charge in [0, 0.05) is 23.7 Å². The molecule has 0 radical (unpaired) electrons. The topological polar surface area (TPSA) is 184 Å². The molecule has 13 nitrogen and oxygen atoms in total. The number of rotatable bonds is 6. The highest BCUT2D eigenvalue weighted by atomic mass is 32.1. The second-order valence-corrected chi connectivity index (χ2v) is 8.34. The minimum Gasteiger partial charge on any atom is -0.475 e. The van der Waals surface area contributed by atoms with Crippen LogP contribution in [0.3, 0.4) is 0 Å². The van der Waals surface area contributed by atoms with Crippen LogP contribution in [0.25, 0.3) is 21.3 Å². The Morgan fingerprint density at radius 2 is 2.03 bits per heavy atom. The lowest BCUT2D eigenvalue weighted by atomic mass is 10.0. The number of carbonyl (C=O) groups is 2. The van der Waals surface area contributed by atoms with Crippen LogP contribution in [0.15, 0.2) is 12.3 Å². The van der Waals surface area contributed by atoms with Crippen LogP contribution in [0.4, 0.5) is 24.5 Å². The van der Waals surface area contributed by atoms with Crippen molar-refractivity contribution in [3.05, 3.63) is 44.3 Å². The minimum absolute atomic E-state index is 0.0274. The number of amides is 2. The maximum Gasteiger partial charge on any atom is 0.433 e. The molecule has 4 aromatic rings. The van der Waals surface area contributed by atoms with E-state index in [1.165, 1.54) is 10.9 Å². The first kappa shape index (κ1) is 24.6. The van der Waals surface area contributed by atoms with Gasteiger partial charge in [0.25, 0.3) is 11.8 Å². The number of hydrogen-bond acceptors (Lipinski definition) is 9. The fraction of sp³-hybridized carbons (Fsp3) is 0.211. The number of alkyl halides is 3. The average molecular weight is 524 g/mol. The zero-order valence-electron chi connectivity index (χ0n) is 18.6. The number of halogens is 3. The number of nitro groups is 1. The number of H-pyrrole nitrogens is 1. The molecule has 2 amide bonds. The third-order valence-corrected chi connectivity index (χ3v) is 6.35. The molecule has 0 saturated heterocycles. The summed E-state index contributed by atoms with van der Waals surface area (Å²) in [7, 11) is 2.69. The molecule has 0 saturated carbocycles. The number of fused-ring (bicyclic) bond motifs is 1. The van der Waals surface area contributed by atoms with E-state index in [0.29, 0.717) is 17.0 Å². The first-order valence-electron chi connectivity index (χ1n) is 9.76. The van der Waals surface area contributed by atoms with Gasteiger partial charge in [0.1, 0.15) is 15.4 Å². The van der Waals surface area contributed by atoms with Crippen molar-refractivity contribution < 1.29 is 32.4 Å². The van der Waals surface area contributed by atoms with Gasteiger partial charge in [-0.3, -0.25) is 29.5 Å². The summed E-state index contributed by atoms with van der Waals surface area (Å²) < 4.78 is 47.1. The van der Waals surface area contributed by atoms with Gasteiger partial charge in [-0.25, -0.2) is 4.98 Å². The number of hydrogen-bond donors (Lipinski definition) is 3. The number of nitrogens with one attached hydrogen (secondary N) is 2. The van der Waals surface area contributed by atoms with E-state index >= 15 is 0 Å². The number of methoxy groups -OCH3 is 1. The second kappa shape index (κ2) is 8.59. The summed E-state index contributed by atoms with van der Waals surface area (Å²) in [5.41, 5.74) is 3.26. The minimum atomic E-state index is -4.83. The van der Waals surface area contributed by atoms with Crippen molar-refractivity contribution in [1.29, 1.82) is 0 Å². The van der Waals surface area contributed by atoms with E-state index in [-0.39, 0.29) is 31.9 Å². The number of carbonyl (C=O) groups excluding carboxylic acids is 2. The summed E-state index contributed by atoms with van der Waals surface area (Å²) in [6, 6.07) is 0.765. The van der Waals surface area contributed by atoms with Crippen LogP contribution in [-0.2, 0) is 13.2 Å². The summed E-state index contributed by atoms with van der Waals surface area (Å²) >= 11 is 0.529. The van der Waals surface area contributed by atoms with Gasteiger partial charge in [-0.1, -0.05) is 0 Å². The van der Waals surface area contributed by atoms with Crippen molar-refractivity contribution in [2.75, 3.05) is 12.4 Å². The smallest absolute Gasteiger partial charge is 0.433 e. The summed E-state index contributed by atoms with van der Waals surface area (Å²) in [6.45, 7) is 1.61. The lowest BCUT2D eigenvalue weighted by Gasteiger charge is -2.12. The van der Waals surface area contributed by atoms with Crippen molar-refractivity contribution >= 4 is 44.7 Å². The van der Waals surface area contributed by atoms with Gasteiger partial charge in [0.05, 0.1) is 23.9 Å². The Hall–Kier alpha value is -4.54. The van der Waals surface area contributed by atoms with E-state index in [1.807, 2.05) is 0 Å². The molecule has 0 aromatic carbocycles. The van der Waals surface area contributed by atoms with Crippen molar-refractivity contribution in [2.24, 2.45) is 12.8 Å². The summed E-state index contributed by atoms with van der Waals surface area (Å²) in [6.07, 6.45) is -3.51. The predicted octanol–water partition coefficient (Wildman–Crippen LogP) is 3.02. The number of thiophene rings is 1. The lowest BCUT2D eigenvalue weighted by Crippen LogP contribution is -2.18. The molecule has 17 heteroatoms. The summed E-state index contributed by atoms with van der Waals surface area (Å²) in [4.78, 5) is 38.8. The number of nitrogens with two attached hydrogens (primary N) is 1. The Bertz CT molecular complexity index is 1550.